The zero-order chi connectivity index (χ0) is 13.4. The molecule has 0 bridgehead atoms. The minimum Gasteiger partial charge on any atom is -0.509 e. The summed E-state index contributed by atoms with van der Waals surface area (Å²) in [6.07, 6.45) is 2.39. The van der Waals surface area contributed by atoms with Crippen molar-refractivity contribution in [1.29, 1.82) is 0 Å². The van der Waals surface area contributed by atoms with E-state index in [1.807, 2.05) is 0 Å². The summed E-state index contributed by atoms with van der Waals surface area (Å²) in [6.45, 7) is 0.496. The molecule has 8 nitrogen and oxygen atoms in total. The predicted octanol–water partition coefficient (Wildman–Crippen LogP) is -1.65. The number of hydrazone groups is 1. The van der Waals surface area contributed by atoms with Crippen molar-refractivity contribution >= 4 is 12.6 Å². The highest BCUT2D eigenvalue weighted by molar-refractivity contribution is 5.69. The Bertz CT molecular complexity index is 450. The SMILES string of the molecule is NC1NC=NC2C1C=NN2CC1=C(O)[C@@H](CO)OC1. The van der Waals surface area contributed by atoms with Crippen molar-refractivity contribution in [3.63, 3.8) is 0 Å². The van der Waals surface area contributed by atoms with E-state index in [9.17, 15) is 5.11 Å². The van der Waals surface area contributed by atoms with Gasteiger partial charge >= 0.3 is 0 Å². The van der Waals surface area contributed by atoms with Crippen LogP contribution < -0.4 is 11.1 Å². The van der Waals surface area contributed by atoms with E-state index in [1.54, 1.807) is 17.6 Å². The van der Waals surface area contributed by atoms with Gasteiger partial charge in [-0.25, -0.2) is 4.99 Å². The summed E-state index contributed by atoms with van der Waals surface area (Å²) in [5.41, 5.74) is 6.64. The molecule has 0 aromatic carbocycles. The first-order valence-corrected chi connectivity index (χ1v) is 6.18. The van der Waals surface area contributed by atoms with Crippen LogP contribution in [0, 0.1) is 5.92 Å². The average molecular weight is 267 g/mol. The van der Waals surface area contributed by atoms with Gasteiger partial charge in [-0.15, -0.1) is 0 Å². The fourth-order valence-electron chi connectivity index (χ4n) is 2.46. The highest BCUT2D eigenvalue weighted by atomic mass is 16.5. The number of fused-ring (bicyclic) bond motifs is 1. The van der Waals surface area contributed by atoms with Crippen LogP contribution in [-0.2, 0) is 4.74 Å². The standard InChI is InChI=1S/C11H17N5O3/c12-10-7-1-15-16(11(7)14-5-13-10)2-6-4-19-8(3-17)9(6)18/h1,5,7-8,10-11,17-18H,2-4,12H2,(H,13,14)/t7?,8-,10?,11?/m1/s1. The normalized spacial score (nSPS) is 36.8. The van der Waals surface area contributed by atoms with E-state index >= 15 is 0 Å². The maximum Gasteiger partial charge on any atom is 0.150 e. The third-order valence-electron chi connectivity index (χ3n) is 3.59. The summed E-state index contributed by atoms with van der Waals surface area (Å²) in [4.78, 5) is 4.32. The second-order valence-corrected chi connectivity index (χ2v) is 4.79. The summed E-state index contributed by atoms with van der Waals surface area (Å²) in [5.74, 6) is 0.118. The summed E-state index contributed by atoms with van der Waals surface area (Å²) in [5, 5.41) is 27.9. The Morgan fingerprint density at radius 2 is 2.42 bits per heavy atom. The number of aliphatic imine (C=N–C) groups is 1. The van der Waals surface area contributed by atoms with Crippen LogP contribution in [-0.4, -0.2) is 66.0 Å². The lowest BCUT2D eigenvalue weighted by atomic mass is 10.0. The summed E-state index contributed by atoms with van der Waals surface area (Å²) < 4.78 is 5.27. The monoisotopic (exact) mass is 267 g/mol. The lowest BCUT2D eigenvalue weighted by molar-refractivity contribution is 0.0472. The summed E-state index contributed by atoms with van der Waals surface area (Å²) in [6, 6.07) is 0. The third kappa shape index (κ3) is 2.07. The molecule has 19 heavy (non-hydrogen) atoms. The second kappa shape index (κ2) is 4.80. The van der Waals surface area contributed by atoms with Gasteiger partial charge in [0.1, 0.15) is 18.0 Å². The lowest BCUT2D eigenvalue weighted by Gasteiger charge is -2.30. The van der Waals surface area contributed by atoms with Gasteiger partial charge in [0.15, 0.2) is 0 Å². The maximum atomic E-state index is 9.90. The molecular formula is C11H17N5O3. The molecule has 3 aliphatic rings. The molecule has 3 heterocycles. The van der Waals surface area contributed by atoms with Gasteiger partial charge in [0, 0.05) is 11.8 Å². The molecule has 5 N–H and O–H groups in total. The van der Waals surface area contributed by atoms with Gasteiger partial charge in [0.2, 0.25) is 0 Å². The van der Waals surface area contributed by atoms with Crippen molar-refractivity contribution < 1.29 is 14.9 Å². The van der Waals surface area contributed by atoms with E-state index in [0.717, 1.165) is 5.57 Å². The van der Waals surface area contributed by atoms with E-state index < -0.39 is 6.10 Å². The fraction of sp³-hybridized carbons (Fsp3) is 0.636. The summed E-state index contributed by atoms with van der Waals surface area (Å²) >= 11 is 0. The number of nitrogens with two attached hydrogens (primary N) is 1. The highest BCUT2D eigenvalue weighted by Gasteiger charge is 2.38. The molecule has 0 radical (unpaired) electrons. The van der Waals surface area contributed by atoms with E-state index in [-0.39, 0.29) is 30.6 Å². The number of aliphatic hydroxyl groups excluding tert-OH is 2. The Balaban J connectivity index is 1.72. The second-order valence-electron chi connectivity index (χ2n) is 4.79. The number of ether oxygens (including phenoxy) is 1. The van der Waals surface area contributed by atoms with Gasteiger partial charge in [0.05, 0.1) is 38.2 Å². The number of rotatable bonds is 3. The molecule has 0 spiro atoms. The van der Waals surface area contributed by atoms with Gasteiger partial charge in [-0.2, -0.15) is 5.10 Å². The number of hydrogen-bond donors (Lipinski definition) is 4. The van der Waals surface area contributed by atoms with Crippen LogP contribution in [0.5, 0.6) is 0 Å². The Morgan fingerprint density at radius 3 is 3.16 bits per heavy atom. The maximum absolute atomic E-state index is 9.90. The molecule has 3 aliphatic heterocycles. The highest BCUT2D eigenvalue weighted by Crippen LogP contribution is 2.26. The van der Waals surface area contributed by atoms with Gasteiger partial charge in [0.25, 0.3) is 0 Å². The fourth-order valence-corrected chi connectivity index (χ4v) is 2.46. The zero-order valence-corrected chi connectivity index (χ0v) is 10.3. The zero-order valence-electron chi connectivity index (χ0n) is 10.3. The van der Waals surface area contributed by atoms with Crippen LogP contribution in [0.25, 0.3) is 0 Å². The van der Waals surface area contributed by atoms with E-state index in [4.69, 9.17) is 15.6 Å². The molecule has 0 saturated carbocycles. The molecule has 0 aromatic heterocycles. The Kier molecular flexibility index (Phi) is 3.13. The molecular weight excluding hydrogens is 250 g/mol. The molecule has 3 unspecified atom stereocenters. The van der Waals surface area contributed by atoms with Crippen molar-refractivity contribution in [2.24, 2.45) is 21.7 Å². The molecule has 0 saturated heterocycles. The van der Waals surface area contributed by atoms with Crippen LogP contribution >= 0.6 is 0 Å². The summed E-state index contributed by atoms with van der Waals surface area (Å²) in [7, 11) is 0. The minimum absolute atomic E-state index is 0.0173. The molecule has 0 aliphatic carbocycles. The van der Waals surface area contributed by atoms with Gasteiger partial charge in [-0.05, 0) is 0 Å². The molecule has 0 fully saturated rings. The topological polar surface area (TPSA) is 116 Å². The average Bonchev–Trinajstić information content (AvgIpc) is 2.97. The van der Waals surface area contributed by atoms with Crippen molar-refractivity contribution in [1.82, 2.24) is 10.3 Å². The lowest BCUT2D eigenvalue weighted by Crippen LogP contribution is -2.52. The van der Waals surface area contributed by atoms with Crippen LogP contribution in [0.2, 0.25) is 0 Å². The molecule has 0 amide bonds. The first kappa shape index (κ1) is 12.4. The smallest absolute Gasteiger partial charge is 0.150 e. The van der Waals surface area contributed by atoms with E-state index in [1.165, 1.54) is 0 Å². The van der Waals surface area contributed by atoms with Gasteiger partial charge in [-0.3, -0.25) is 5.01 Å². The van der Waals surface area contributed by atoms with Gasteiger partial charge < -0.3 is 26.0 Å². The minimum atomic E-state index is -0.615. The number of nitrogens with one attached hydrogen (secondary N) is 1. The molecule has 104 valence electrons. The van der Waals surface area contributed by atoms with Crippen molar-refractivity contribution in [2.45, 2.75) is 18.4 Å². The van der Waals surface area contributed by atoms with Crippen LogP contribution in [0.4, 0.5) is 0 Å². The first-order valence-electron chi connectivity index (χ1n) is 6.18. The third-order valence-corrected chi connectivity index (χ3v) is 3.59. The van der Waals surface area contributed by atoms with Crippen LogP contribution in [0.1, 0.15) is 0 Å². The van der Waals surface area contributed by atoms with Crippen molar-refractivity contribution in [3.8, 4) is 0 Å². The Labute approximate surface area is 110 Å². The van der Waals surface area contributed by atoms with Crippen molar-refractivity contribution in [3.05, 3.63) is 11.3 Å². The van der Waals surface area contributed by atoms with E-state index in [2.05, 4.69) is 15.4 Å². The number of hydrogen-bond acceptors (Lipinski definition) is 8. The Hall–Kier alpha value is -1.64. The Morgan fingerprint density at radius 1 is 1.58 bits per heavy atom. The molecule has 0 aromatic rings. The largest absolute Gasteiger partial charge is 0.509 e. The number of aliphatic hydroxyl groups is 2. The van der Waals surface area contributed by atoms with Crippen LogP contribution in [0.15, 0.2) is 21.4 Å². The van der Waals surface area contributed by atoms with Crippen LogP contribution in [0.3, 0.4) is 0 Å². The molecule has 4 atom stereocenters. The number of nitrogens with zero attached hydrogens (tertiary/aromatic N) is 3. The predicted molar refractivity (Wildman–Crippen MR) is 68.6 cm³/mol. The molecule has 8 heteroatoms. The quantitative estimate of drug-likeness (QED) is 0.487. The van der Waals surface area contributed by atoms with Crippen molar-refractivity contribution in [2.75, 3.05) is 19.8 Å². The molecule has 3 rings (SSSR count). The first-order chi connectivity index (χ1) is 9.20. The van der Waals surface area contributed by atoms with E-state index in [0.29, 0.717) is 13.2 Å². The van der Waals surface area contributed by atoms with Gasteiger partial charge in [-0.1, -0.05) is 0 Å².